The fourth-order valence-corrected chi connectivity index (χ4v) is 4.41. The third kappa shape index (κ3) is 4.76. The first-order valence-electron chi connectivity index (χ1n) is 9.00. The maximum Gasteiger partial charge on any atom is 0.338 e. The van der Waals surface area contributed by atoms with Crippen LogP contribution in [-0.4, -0.2) is 44.3 Å². The summed E-state index contributed by atoms with van der Waals surface area (Å²) in [6, 6.07) is 12.8. The Kier molecular flexibility index (Phi) is 6.11. The van der Waals surface area contributed by atoms with Gasteiger partial charge >= 0.3 is 5.97 Å². The van der Waals surface area contributed by atoms with Crippen molar-refractivity contribution in [1.29, 1.82) is 0 Å². The van der Waals surface area contributed by atoms with Gasteiger partial charge in [0.25, 0.3) is 5.91 Å². The molecule has 7 nitrogen and oxygen atoms in total. The maximum absolute atomic E-state index is 12.5. The van der Waals surface area contributed by atoms with E-state index in [0.29, 0.717) is 24.3 Å². The zero-order chi connectivity index (χ0) is 20.1. The fourth-order valence-electron chi connectivity index (χ4n) is 2.89. The molecule has 0 aliphatic carbocycles. The van der Waals surface area contributed by atoms with Gasteiger partial charge < -0.3 is 10.1 Å². The summed E-state index contributed by atoms with van der Waals surface area (Å²) in [5.41, 5.74) is 1.82. The van der Waals surface area contributed by atoms with Gasteiger partial charge in [0.05, 0.1) is 10.5 Å². The van der Waals surface area contributed by atoms with Crippen LogP contribution in [0.25, 0.3) is 0 Å². The first-order valence-corrected chi connectivity index (χ1v) is 10.4. The third-order valence-corrected chi connectivity index (χ3v) is 6.38. The van der Waals surface area contributed by atoms with E-state index in [0.717, 1.165) is 18.4 Å². The summed E-state index contributed by atoms with van der Waals surface area (Å²) < 4.78 is 31.4. The van der Waals surface area contributed by atoms with Crippen molar-refractivity contribution >= 4 is 27.6 Å². The summed E-state index contributed by atoms with van der Waals surface area (Å²) in [7, 11) is -3.49. The molecule has 28 heavy (non-hydrogen) atoms. The Hall–Kier alpha value is -2.71. The zero-order valence-electron chi connectivity index (χ0n) is 15.6. The first kappa shape index (κ1) is 20.0. The molecule has 1 amide bonds. The minimum Gasteiger partial charge on any atom is -0.452 e. The van der Waals surface area contributed by atoms with Gasteiger partial charge in [0.2, 0.25) is 10.0 Å². The van der Waals surface area contributed by atoms with E-state index in [2.05, 4.69) is 5.32 Å². The van der Waals surface area contributed by atoms with Crippen molar-refractivity contribution in [2.24, 2.45) is 0 Å². The van der Waals surface area contributed by atoms with Crippen molar-refractivity contribution in [3.63, 3.8) is 0 Å². The highest BCUT2D eigenvalue weighted by Gasteiger charge is 2.26. The van der Waals surface area contributed by atoms with Crippen LogP contribution in [0.2, 0.25) is 0 Å². The van der Waals surface area contributed by atoms with Crippen LogP contribution in [0.5, 0.6) is 0 Å². The second-order valence-electron chi connectivity index (χ2n) is 6.63. The lowest BCUT2D eigenvalue weighted by Crippen LogP contribution is -2.27. The molecule has 0 unspecified atom stereocenters. The molecule has 0 atom stereocenters. The lowest BCUT2D eigenvalue weighted by atomic mass is 10.1. The topological polar surface area (TPSA) is 92.8 Å². The molecule has 1 fully saturated rings. The first-order chi connectivity index (χ1) is 13.4. The number of amides is 1. The number of anilines is 1. The molecule has 2 aromatic carbocycles. The summed E-state index contributed by atoms with van der Waals surface area (Å²) in [6.07, 6.45) is 1.74. The molecule has 1 heterocycles. The van der Waals surface area contributed by atoms with Crippen LogP contribution in [0.15, 0.2) is 53.4 Å². The number of esters is 1. The van der Waals surface area contributed by atoms with E-state index in [4.69, 9.17) is 4.74 Å². The number of carbonyl (C=O) groups excluding carboxylic acids is 2. The summed E-state index contributed by atoms with van der Waals surface area (Å²) >= 11 is 0. The average molecular weight is 402 g/mol. The van der Waals surface area contributed by atoms with Gasteiger partial charge in [0.15, 0.2) is 6.61 Å². The molecule has 8 heteroatoms. The van der Waals surface area contributed by atoms with Gasteiger partial charge in [-0.25, -0.2) is 13.2 Å². The molecular formula is C20H22N2O5S. The molecule has 1 saturated heterocycles. The molecule has 1 aliphatic rings. The monoisotopic (exact) mass is 402 g/mol. The Bertz CT molecular complexity index is 947. The van der Waals surface area contributed by atoms with Crippen LogP contribution in [0, 0.1) is 6.92 Å². The molecule has 1 aliphatic heterocycles. The highest BCUT2D eigenvalue weighted by Crippen LogP contribution is 2.22. The summed E-state index contributed by atoms with van der Waals surface area (Å²) in [5.74, 6) is -1.09. The minimum atomic E-state index is -3.49. The van der Waals surface area contributed by atoms with Gasteiger partial charge in [-0.15, -0.1) is 0 Å². The molecule has 148 valence electrons. The summed E-state index contributed by atoms with van der Waals surface area (Å²) in [4.78, 5) is 24.1. The lowest BCUT2D eigenvalue weighted by molar-refractivity contribution is -0.119. The number of aryl methyl sites for hydroxylation is 1. The van der Waals surface area contributed by atoms with Crippen molar-refractivity contribution in [1.82, 2.24) is 4.31 Å². The number of sulfonamides is 1. The number of rotatable bonds is 6. The number of nitrogens with one attached hydrogen (secondary N) is 1. The van der Waals surface area contributed by atoms with E-state index in [1.807, 2.05) is 6.92 Å². The normalized spacial score (nSPS) is 14.6. The highest BCUT2D eigenvalue weighted by atomic mass is 32.2. The van der Waals surface area contributed by atoms with E-state index in [-0.39, 0.29) is 4.90 Å². The van der Waals surface area contributed by atoms with E-state index < -0.39 is 28.5 Å². The van der Waals surface area contributed by atoms with Crippen LogP contribution >= 0.6 is 0 Å². The van der Waals surface area contributed by atoms with Crippen molar-refractivity contribution in [2.45, 2.75) is 24.7 Å². The summed E-state index contributed by atoms with van der Waals surface area (Å²) in [5, 5.41) is 2.58. The van der Waals surface area contributed by atoms with E-state index in [1.54, 1.807) is 24.3 Å². The number of carbonyl (C=O) groups is 2. The van der Waals surface area contributed by atoms with Gasteiger partial charge in [-0.1, -0.05) is 17.7 Å². The third-order valence-electron chi connectivity index (χ3n) is 4.46. The largest absolute Gasteiger partial charge is 0.452 e. The SMILES string of the molecule is Cc1ccc(C(=O)OCC(=O)Nc2ccc(S(=O)(=O)N3CCCC3)cc2)cc1. The Labute approximate surface area is 164 Å². The average Bonchev–Trinajstić information content (AvgIpc) is 3.23. The maximum atomic E-state index is 12.5. The molecule has 0 spiro atoms. The van der Waals surface area contributed by atoms with E-state index in [1.165, 1.54) is 28.6 Å². The molecule has 0 saturated carbocycles. The number of hydrogen-bond acceptors (Lipinski definition) is 5. The number of hydrogen-bond donors (Lipinski definition) is 1. The van der Waals surface area contributed by atoms with E-state index in [9.17, 15) is 18.0 Å². The highest BCUT2D eigenvalue weighted by molar-refractivity contribution is 7.89. The minimum absolute atomic E-state index is 0.193. The van der Waals surface area contributed by atoms with Crippen LogP contribution in [-0.2, 0) is 19.6 Å². The standard InChI is InChI=1S/C20H22N2O5S/c1-15-4-6-16(7-5-15)20(24)27-14-19(23)21-17-8-10-18(11-9-17)28(25,26)22-12-2-3-13-22/h4-11H,2-3,12-14H2,1H3,(H,21,23). The predicted octanol–water partition coefficient (Wildman–Crippen LogP) is 2.58. The molecule has 2 aromatic rings. The molecular weight excluding hydrogens is 380 g/mol. The molecule has 3 rings (SSSR count). The number of benzene rings is 2. The second-order valence-corrected chi connectivity index (χ2v) is 8.56. The Morgan fingerprint density at radius 3 is 2.21 bits per heavy atom. The van der Waals surface area contributed by atoms with Crippen molar-refractivity contribution in [2.75, 3.05) is 25.0 Å². The van der Waals surface area contributed by atoms with Gasteiger partial charge in [-0.2, -0.15) is 4.31 Å². The second kappa shape index (κ2) is 8.53. The quantitative estimate of drug-likeness (QED) is 0.750. The van der Waals surface area contributed by atoms with Gasteiger partial charge in [-0.05, 0) is 56.2 Å². The molecule has 0 bridgehead atoms. The van der Waals surface area contributed by atoms with Gasteiger partial charge in [-0.3, -0.25) is 4.79 Å². The molecule has 0 radical (unpaired) electrons. The van der Waals surface area contributed by atoms with Crippen molar-refractivity contribution < 1.29 is 22.7 Å². The van der Waals surface area contributed by atoms with E-state index >= 15 is 0 Å². The van der Waals surface area contributed by atoms with Crippen LogP contribution < -0.4 is 5.32 Å². The van der Waals surface area contributed by atoms with Crippen LogP contribution in [0.1, 0.15) is 28.8 Å². The van der Waals surface area contributed by atoms with Crippen molar-refractivity contribution in [3.8, 4) is 0 Å². The van der Waals surface area contributed by atoms with Crippen molar-refractivity contribution in [3.05, 3.63) is 59.7 Å². The smallest absolute Gasteiger partial charge is 0.338 e. The fraction of sp³-hybridized carbons (Fsp3) is 0.300. The van der Waals surface area contributed by atoms with Crippen LogP contribution in [0.3, 0.4) is 0 Å². The lowest BCUT2D eigenvalue weighted by Gasteiger charge is -2.15. The molecule has 0 aromatic heterocycles. The predicted molar refractivity (Wildman–Crippen MR) is 105 cm³/mol. The zero-order valence-corrected chi connectivity index (χ0v) is 16.4. The Balaban J connectivity index is 1.54. The van der Waals surface area contributed by atoms with Crippen LogP contribution in [0.4, 0.5) is 5.69 Å². The Morgan fingerprint density at radius 2 is 1.61 bits per heavy atom. The Morgan fingerprint density at radius 1 is 1.00 bits per heavy atom. The number of ether oxygens (including phenoxy) is 1. The van der Waals surface area contributed by atoms with Gasteiger partial charge in [0.1, 0.15) is 0 Å². The summed E-state index contributed by atoms with van der Waals surface area (Å²) in [6.45, 7) is 2.55. The van der Waals surface area contributed by atoms with Gasteiger partial charge in [0, 0.05) is 18.8 Å². The number of nitrogens with zero attached hydrogens (tertiary/aromatic N) is 1. The molecule has 1 N–H and O–H groups in total.